The van der Waals surface area contributed by atoms with Crippen molar-refractivity contribution in [3.8, 4) is 0 Å². The molecule has 0 unspecified atom stereocenters. The van der Waals surface area contributed by atoms with E-state index in [4.69, 9.17) is 0 Å². The first-order chi connectivity index (χ1) is 10.9. The maximum absolute atomic E-state index is 13.1. The molecule has 0 radical (unpaired) electrons. The Morgan fingerprint density at radius 2 is 1.87 bits per heavy atom. The number of nitrogens with zero attached hydrogens (tertiary/aromatic N) is 1. The van der Waals surface area contributed by atoms with E-state index in [1.54, 1.807) is 19.2 Å². The SMILES string of the molecule is Cc1ccc(C(=O)N(C)CC(=O)Nc2cccc(F)c2)c(C)c1. The number of rotatable bonds is 4. The van der Waals surface area contributed by atoms with Crippen molar-refractivity contribution in [3.63, 3.8) is 0 Å². The number of halogens is 1. The number of carbonyl (C=O) groups is 2. The van der Waals surface area contributed by atoms with Gasteiger partial charge in [0.25, 0.3) is 5.91 Å². The molecular weight excluding hydrogens is 295 g/mol. The third kappa shape index (κ3) is 4.39. The van der Waals surface area contributed by atoms with Crippen LogP contribution in [0.25, 0.3) is 0 Å². The van der Waals surface area contributed by atoms with E-state index in [0.717, 1.165) is 11.1 Å². The lowest BCUT2D eigenvalue weighted by molar-refractivity contribution is -0.116. The number of nitrogens with one attached hydrogen (secondary N) is 1. The van der Waals surface area contributed by atoms with Gasteiger partial charge in [-0.25, -0.2) is 4.39 Å². The first-order valence-corrected chi connectivity index (χ1v) is 7.25. The Labute approximate surface area is 134 Å². The van der Waals surface area contributed by atoms with Crippen LogP contribution >= 0.6 is 0 Å². The van der Waals surface area contributed by atoms with E-state index >= 15 is 0 Å². The standard InChI is InChI=1S/C18H19FN2O2/c1-12-7-8-16(13(2)9-12)18(23)21(3)11-17(22)20-15-6-4-5-14(19)10-15/h4-10H,11H2,1-3H3,(H,20,22). The minimum atomic E-state index is -0.428. The quantitative estimate of drug-likeness (QED) is 0.942. The first kappa shape index (κ1) is 16.7. The number of amides is 2. The van der Waals surface area contributed by atoms with E-state index < -0.39 is 5.82 Å². The highest BCUT2D eigenvalue weighted by Crippen LogP contribution is 2.13. The van der Waals surface area contributed by atoms with E-state index in [2.05, 4.69) is 5.32 Å². The van der Waals surface area contributed by atoms with Crippen LogP contribution in [0.3, 0.4) is 0 Å². The molecule has 2 amide bonds. The zero-order chi connectivity index (χ0) is 17.0. The third-order valence-corrected chi connectivity index (χ3v) is 3.45. The van der Waals surface area contributed by atoms with Gasteiger partial charge in [-0.3, -0.25) is 9.59 Å². The fraction of sp³-hybridized carbons (Fsp3) is 0.222. The van der Waals surface area contributed by atoms with Crippen LogP contribution in [0, 0.1) is 19.7 Å². The maximum Gasteiger partial charge on any atom is 0.254 e. The van der Waals surface area contributed by atoms with Crippen LogP contribution in [0.4, 0.5) is 10.1 Å². The number of aryl methyl sites for hydroxylation is 2. The molecule has 5 heteroatoms. The van der Waals surface area contributed by atoms with Gasteiger partial charge >= 0.3 is 0 Å². The number of anilines is 1. The van der Waals surface area contributed by atoms with Gasteiger partial charge in [0.2, 0.25) is 5.91 Å². The molecule has 0 aliphatic heterocycles. The summed E-state index contributed by atoms with van der Waals surface area (Å²) in [5, 5.41) is 2.57. The van der Waals surface area contributed by atoms with Crippen molar-refractivity contribution in [1.29, 1.82) is 0 Å². The number of hydrogen-bond donors (Lipinski definition) is 1. The molecule has 0 aliphatic rings. The van der Waals surface area contributed by atoms with Crippen LogP contribution in [0.5, 0.6) is 0 Å². The molecular formula is C18H19FN2O2. The van der Waals surface area contributed by atoms with Crippen molar-refractivity contribution in [3.05, 3.63) is 65.0 Å². The van der Waals surface area contributed by atoms with Gasteiger partial charge in [0.15, 0.2) is 0 Å². The predicted molar refractivity (Wildman–Crippen MR) is 87.9 cm³/mol. The van der Waals surface area contributed by atoms with Crippen molar-refractivity contribution in [1.82, 2.24) is 4.90 Å². The first-order valence-electron chi connectivity index (χ1n) is 7.25. The summed E-state index contributed by atoms with van der Waals surface area (Å²) in [4.78, 5) is 25.7. The molecule has 0 saturated heterocycles. The Balaban J connectivity index is 2.01. The molecule has 0 spiro atoms. The largest absolute Gasteiger partial charge is 0.332 e. The monoisotopic (exact) mass is 314 g/mol. The molecule has 2 rings (SSSR count). The fourth-order valence-electron chi connectivity index (χ4n) is 2.31. The van der Waals surface area contributed by atoms with Crippen molar-refractivity contribution < 1.29 is 14.0 Å². The number of carbonyl (C=O) groups excluding carboxylic acids is 2. The van der Waals surface area contributed by atoms with E-state index in [1.165, 1.54) is 23.1 Å². The molecule has 1 N–H and O–H groups in total. The van der Waals surface area contributed by atoms with Crippen LogP contribution in [-0.4, -0.2) is 30.3 Å². The highest BCUT2D eigenvalue weighted by Gasteiger charge is 2.17. The van der Waals surface area contributed by atoms with Crippen LogP contribution in [0.2, 0.25) is 0 Å². The third-order valence-electron chi connectivity index (χ3n) is 3.45. The lowest BCUT2D eigenvalue weighted by atomic mass is 10.0. The summed E-state index contributed by atoms with van der Waals surface area (Å²) in [5.41, 5.74) is 2.87. The van der Waals surface area contributed by atoms with Gasteiger partial charge in [0.1, 0.15) is 5.82 Å². The van der Waals surface area contributed by atoms with Gasteiger partial charge in [0.05, 0.1) is 6.54 Å². The van der Waals surface area contributed by atoms with Gasteiger partial charge in [-0.2, -0.15) is 0 Å². The topological polar surface area (TPSA) is 49.4 Å². The highest BCUT2D eigenvalue weighted by atomic mass is 19.1. The van der Waals surface area contributed by atoms with Crippen LogP contribution in [0.1, 0.15) is 21.5 Å². The molecule has 0 bridgehead atoms. The van der Waals surface area contributed by atoms with E-state index in [1.807, 2.05) is 26.0 Å². The van der Waals surface area contributed by atoms with Gasteiger partial charge in [-0.15, -0.1) is 0 Å². The maximum atomic E-state index is 13.1. The molecule has 0 aromatic heterocycles. The lowest BCUT2D eigenvalue weighted by Gasteiger charge is -2.18. The Hall–Kier alpha value is -2.69. The number of hydrogen-bond acceptors (Lipinski definition) is 2. The molecule has 0 saturated carbocycles. The molecule has 23 heavy (non-hydrogen) atoms. The second-order valence-electron chi connectivity index (χ2n) is 5.54. The zero-order valence-electron chi connectivity index (χ0n) is 13.4. The number of benzene rings is 2. The second-order valence-corrected chi connectivity index (χ2v) is 5.54. The highest BCUT2D eigenvalue weighted by molar-refractivity contribution is 6.00. The summed E-state index contributed by atoms with van der Waals surface area (Å²) >= 11 is 0. The molecule has 0 aliphatic carbocycles. The minimum Gasteiger partial charge on any atom is -0.332 e. The molecule has 0 fully saturated rings. The summed E-state index contributed by atoms with van der Waals surface area (Å²) in [6.07, 6.45) is 0. The predicted octanol–water partition coefficient (Wildman–Crippen LogP) is 3.15. The van der Waals surface area contributed by atoms with Gasteiger partial charge in [-0.1, -0.05) is 23.8 Å². The van der Waals surface area contributed by atoms with Crippen LogP contribution in [0.15, 0.2) is 42.5 Å². The molecule has 120 valence electrons. The summed E-state index contributed by atoms with van der Waals surface area (Å²) in [5.74, 6) is -1.03. The second kappa shape index (κ2) is 7.05. The van der Waals surface area contributed by atoms with E-state index in [-0.39, 0.29) is 18.4 Å². The van der Waals surface area contributed by atoms with Crippen molar-refractivity contribution in [2.45, 2.75) is 13.8 Å². The summed E-state index contributed by atoms with van der Waals surface area (Å²) in [6.45, 7) is 3.71. The average Bonchev–Trinajstić information content (AvgIpc) is 2.46. The molecule has 4 nitrogen and oxygen atoms in total. The lowest BCUT2D eigenvalue weighted by Crippen LogP contribution is -2.35. The smallest absolute Gasteiger partial charge is 0.254 e. The summed E-state index contributed by atoms with van der Waals surface area (Å²) in [6, 6.07) is 11.2. The molecule has 0 atom stereocenters. The van der Waals surface area contributed by atoms with Crippen molar-refractivity contribution in [2.75, 3.05) is 18.9 Å². The van der Waals surface area contributed by atoms with Crippen molar-refractivity contribution >= 4 is 17.5 Å². The molecule has 0 heterocycles. The Bertz CT molecular complexity index is 744. The Morgan fingerprint density at radius 1 is 1.13 bits per heavy atom. The van der Waals surface area contributed by atoms with Gasteiger partial charge in [-0.05, 0) is 43.7 Å². The fourth-order valence-corrected chi connectivity index (χ4v) is 2.31. The van der Waals surface area contributed by atoms with Gasteiger partial charge < -0.3 is 10.2 Å². The van der Waals surface area contributed by atoms with E-state index in [0.29, 0.717) is 11.3 Å². The Morgan fingerprint density at radius 3 is 2.52 bits per heavy atom. The molecule has 2 aromatic carbocycles. The summed E-state index contributed by atoms with van der Waals surface area (Å²) in [7, 11) is 1.56. The minimum absolute atomic E-state index is 0.108. The van der Waals surface area contributed by atoms with Crippen LogP contribution < -0.4 is 5.32 Å². The van der Waals surface area contributed by atoms with E-state index in [9.17, 15) is 14.0 Å². The normalized spacial score (nSPS) is 10.3. The van der Waals surface area contributed by atoms with Gasteiger partial charge in [0, 0.05) is 18.3 Å². The van der Waals surface area contributed by atoms with Crippen LogP contribution in [-0.2, 0) is 4.79 Å². The number of likely N-dealkylation sites (N-methyl/N-ethyl adjacent to an activating group) is 1. The average molecular weight is 314 g/mol. The Kier molecular flexibility index (Phi) is 5.11. The summed E-state index contributed by atoms with van der Waals surface area (Å²) < 4.78 is 13.1. The molecule has 2 aromatic rings. The zero-order valence-corrected chi connectivity index (χ0v) is 13.4. The van der Waals surface area contributed by atoms with Crippen molar-refractivity contribution in [2.24, 2.45) is 0 Å².